The number of carbonyl (C=O) groups excluding carboxylic acids is 1. The molecular formula is C17H14ClFN6O. The van der Waals surface area contributed by atoms with Crippen LogP contribution in [0.15, 0.2) is 24.4 Å². The molecule has 26 heavy (non-hydrogen) atoms. The number of fused-ring (bicyclic) bond motifs is 1. The van der Waals surface area contributed by atoms with E-state index in [1.807, 2.05) is 6.07 Å². The summed E-state index contributed by atoms with van der Waals surface area (Å²) in [4.78, 5) is 16.5. The largest absolute Gasteiger partial charge is 0.350 e. The lowest BCUT2D eigenvalue weighted by Gasteiger charge is -2.12. The van der Waals surface area contributed by atoms with Crippen LogP contribution in [-0.4, -0.2) is 31.6 Å². The topological polar surface area (TPSA) is 85.6 Å². The van der Waals surface area contributed by atoms with Gasteiger partial charge in [0.25, 0.3) is 0 Å². The van der Waals surface area contributed by atoms with E-state index >= 15 is 0 Å². The third-order valence-corrected chi connectivity index (χ3v) is 4.62. The minimum atomic E-state index is -0.526. The van der Waals surface area contributed by atoms with Crippen LogP contribution in [0.1, 0.15) is 23.7 Å². The minimum Gasteiger partial charge on any atom is -0.350 e. The average Bonchev–Trinajstić information content (AvgIpc) is 3.20. The quantitative estimate of drug-likeness (QED) is 0.711. The zero-order valence-corrected chi connectivity index (χ0v) is 14.5. The zero-order valence-electron chi connectivity index (χ0n) is 13.8. The van der Waals surface area contributed by atoms with Gasteiger partial charge in [0.05, 0.1) is 24.3 Å². The van der Waals surface area contributed by atoms with Crippen LogP contribution >= 0.6 is 11.6 Å². The number of rotatable bonds is 4. The van der Waals surface area contributed by atoms with Crippen molar-refractivity contribution in [3.8, 4) is 22.5 Å². The van der Waals surface area contributed by atoms with Crippen molar-refractivity contribution < 1.29 is 9.18 Å². The van der Waals surface area contributed by atoms with Crippen molar-refractivity contribution in [3.05, 3.63) is 46.5 Å². The maximum absolute atomic E-state index is 14.7. The van der Waals surface area contributed by atoms with Crippen LogP contribution in [0.25, 0.3) is 22.5 Å². The molecule has 1 aromatic carbocycles. The molecule has 0 radical (unpaired) electrons. The molecule has 7 nitrogen and oxygen atoms in total. The van der Waals surface area contributed by atoms with E-state index in [-0.39, 0.29) is 22.5 Å². The van der Waals surface area contributed by atoms with E-state index in [9.17, 15) is 9.18 Å². The Bertz CT molecular complexity index is 1000. The van der Waals surface area contributed by atoms with E-state index in [4.69, 9.17) is 11.6 Å². The molecule has 1 amide bonds. The van der Waals surface area contributed by atoms with Crippen molar-refractivity contribution >= 4 is 18.0 Å². The molecule has 0 saturated carbocycles. The molecule has 4 rings (SSSR count). The highest BCUT2D eigenvalue weighted by atomic mass is 35.5. The number of hydrogen-bond acceptors (Lipinski definition) is 5. The second-order valence-corrected chi connectivity index (χ2v) is 6.49. The third kappa shape index (κ3) is 2.82. The average molecular weight is 373 g/mol. The van der Waals surface area contributed by atoms with E-state index in [1.165, 1.54) is 10.9 Å². The summed E-state index contributed by atoms with van der Waals surface area (Å²) in [5.41, 5.74) is 3.33. The van der Waals surface area contributed by atoms with Gasteiger partial charge < -0.3 is 5.32 Å². The highest BCUT2D eigenvalue weighted by Gasteiger charge is 2.25. The lowest BCUT2D eigenvalue weighted by atomic mass is 9.98. The van der Waals surface area contributed by atoms with Gasteiger partial charge in [-0.1, -0.05) is 11.6 Å². The van der Waals surface area contributed by atoms with Gasteiger partial charge in [-0.3, -0.25) is 9.78 Å². The highest BCUT2D eigenvalue weighted by molar-refractivity contribution is 6.31. The fraction of sp³-hybridized carbons (Fsp3) is 0.235. The molecule has 3 aromatic rings. The molecule has 0 saturated heterocycles. The van der Waals surface area contributed by atoms with Crippen molar-refractivity contribution in [1.29, 1.82) is 0 Å². The summed E-state index contributed by atoms with van der Waals surface area (Å²) in [5.74, 6) is -0.348. The van der Waals surface area contributed by atoms with E-state index in [0.717, 1.165) is 24.1 Å². The maximum atomic E-state index is 14.7. The predicted molar refractivity (Wildman–Crippen MR) is 92.7 cm³/mol. The van der Waals surface area contributed by atoms with Gasteiger partial charge in [-0.05, 0) is 47.4 Å². The van der Waals surface area contributed by atoms with Crippen molar-refractivity contribution in [1.82, 2.24) is 30.5 Å². The van der Waals surface area contributed by atoms with Crippen molar-refractivity contribution in [2.45, 2.75) is 18.9 Å². The lowest BCUT2D eigenvalue weighted by Crippen LogP contribution is -2.17. The van der Waals surface area contributed by atoms with E-state index in [2.05, 4.69) is 25.7 Å². The van der Waals surface area contributed by atoms with Crippen LogP contribution in [0.4, 0.5) is 4.39 Å². The molecule has 0 bridgehead atoms. The van der Waals surface area contributed by atoms with Gasteiger partial charge in [-0.15, -0.1) is 10.2 Å². The Balaban J connectivity index is 1.85. The normalized spacial score (nSPS) is 15.7. The fourth-order valence-electron chi connectivity index (χ4n) is 3.28. The number of pyridine rings is 1. The Morgan fingerprint density at radius 1 is 1.38 bits per heavy atom. The molecule has 0 spiro atoms. The first kappa shape index (κ1) is 16.6. The summed E-state index contributed by atoms with van der Waals surface area (Å²) in [6.07, 6.45) is 3.89. The fourth-order valence-corrected chi connectivity index (χ4v) is 3.48. The number of aromatic nitrogens is 5. The number of amides is 1. The van der Waals surface area contributed by atoms with E-state index in [0.29, 0.717) is 17.5 Å². The second kappa shape index (κ2) is 6.45. The monoisotopic (exact) mass is 372 g/mol. The standard InChI is InChI=1S/C17H14ClFN6O/c1-25-23-17(22-24-25)15-12(5-11(18)6-13(15)19)10-4-9-2-3-14(21-8-26)16(9)20-7-10/h4-8,14H,2-3H2,1H3,(H,21,26). The number of nitrogens with one attached hydrogen (secondary N) is 1. The summed E-state index contributed by atoms with van der Waals surface area (Å²) < 4.78 is 14.7. The Morgan fingerprint density at radius 3 is 2.96 bits per heavy atom. The van der Waals surface area contributed by atoms with Crippen LogP contribution in [0, 0.1) is 5.82 Å². The molecule has 1 N–H and O–H groups in total. The lowest BCUT2D eigenvalue weighted by molar-refractivity contribution is -0.110. The number of halogens is 2. The molecule has 1 atom stereocenters. The van der Waals surface area contributed by atoms with Gasteiger partial charge in [0, 0.05) is 16.8 Å². The molecule has 2 heterocycles. The molecule has 0 aliphatic heterocycles. The van der Waals surface area contributed by atoms with Gasteiger partial charge in [-0.25, -0.2) is 4.39 Å². The smallest absolute Gasteiger partial charge is 0.208 e. The predicted octanol–water partition coefficient (Wildman–Crippen LogP) is 2.46. The Hall–Kier alpha value is -2.87. The summed E-state index contributed by atoms with van der Waals surface area (Å²) >= 11 is 6.08. The van der Waals surface area contributed by atoms with Crippen molar-refractivity contribution in [3.63, 3.8) is 0 Å². The first-order valence-electron chi connectivity index (χ1n) is 7.99. The zero-order chi connectivity index (χ0) is 18.3. The molecule has 1 aliphatic rings. The summed E-state index contributed by atoms with van der Waals surface area (Å²) in [5, 5.41) is 14.8. The Kier molecular flexibility index (Phi) is 4.12. The summed E-state index contributed by atoms with van der Waals surface area (Å²) in [7, 11) is 1.61. The Morgan fingerprint density at radius 2 is 2.23 bits per heavy atom. The molecule has 1 unspecified atom stereocenters. The van der Waals surface area contributed by atoms with Gasteiger partial charge in [0.15, 0.2) is 0 Å². The van der Waals surface area contributed by atoms with Gasteiger partial charge in [0.1, 0.15) is 5.82 Å². The molecule has 9 heteroatoms. The molecule has 1 aliphatic carbocycles. The highest BCUT2D eigenvalue weighted by Crippen LogP contribution is 2.37. The number of aryl methyl sites for hydroxylation is 2. The van der Waals surface area contributed by atoms with Crippen molar-refractivity contribution in [2.24, 2.45) is 7.05 Å². The first-order chi connectivity index (χ1) is 12.6. The second-order valence-electron chi connectivity index (χ2n) is 6.06. The summed E-state index contributed by atoms with van der Waals surface area (Å²) in [6, 6.07) is 4.74. The van der Waals surface area contributed by atoms with Crippen LogP contribution in [-0.2, 0) is 18.3 Å². The SMILES string of the molecule is Cn1nnc(-c2c(F)cc(Cl)cc2-c2cnc3c(c2)CCC3NC=O)n1. The van der Waals surface area contributed by atoms with Gasteiger partial charge >= 0.3 is 0 Å². The van der Waals surface area contributed by atoms with Gasteiger partial charge in [0.2, 0.25) is 12.2 Å². The van der Waals surface area contributed by atoms with Gasteiger partial charge in [-0.2, -0.15) is 4.80 Å². The number of nitrogens with zero attached hydrogens (tertiary/aromatic N) is 5. The maximum Gasteiger partial charge on any atom is 0.208 e. The Labute approximate surface area is 153 Å². The van der Waals surface area contributed by atoms with Crippen LogP contribution < -0.4 is 5.32 Å². The van der Waals surface area contributed by atoms with E-state index < -0.39 is 5.82 Å². The van der Waals surface area contributed by atoms with Crippen molar-refractivity contribution in [2.75, 3.05) is 0 Å². The third-order valence-electron chi connectivity index (χ3n) is 4.40. The molecule has 132 valence electrons. The number of tetrazole rings is 1. The number of carbonyl (C=O) groups is 1. The summed E-state index contributed by atoms with van der Waals surface area (Å²) in [6.45, 7) is 0. The number of hydrogen-bond donors (Lipinski definition) is 1. The van der Waals surface area contributed by atoms with Crippen LogP contribution in [0.3, 0.4) is 0 Å². The van der Waals surface area contributed by atoms with Crippen LogP contribution in [0.5, 0.6) is 0 Å². The minimum absolute atomic E-state index is 0.0891. The van der Waals surface area contributed by atoms with E-state index in [1.54, 1.807) is 19.3 Å². The number of benzene rings is 1. The van der Waals surface area contributed by atoms with Crippen LogP contribution in [0.2, 0.25) is 5.02 Å². The molecular weight excluding hydrogens is 359 g/mol. The first-order valence-corrected chi connectivity index (χ1v) is 8.37. The molecule has 0 fully saturated rings. The molecule has 2 aromatic heterocycles.